The minimum absolute atomic E-state index is 0.0263. The maximum atomic E-state index is 12.6. The number of nitrogens with zero attached hydrogens (tertiary/aromatic N) is 2. The Morgan fingerprint density at radius 1 is 1.04 bits per heavy atom. The van der Waals surface area contributed by atoms with Gasteiger partial charge in [0.2, 0.25) is 26.0 Å². The summed E-state index contributed by atoms with van der Waals surface area (Å²) in [5, 5.41) is 1.47. The van der Waals surface area contributed by atoms with Crippen LogP contribution in [0.1, 0.15) is 17.5 Å². The Kier molecular flexibility index (Phi) is 7.17. The molecule has 1 aromatic rings. The number of hydrogen-bond donors (Lipinski definition) is 2. The number of amides is 1. The van der Waals surface area contributed by atoms with Crippen LogP contribution in [0.25, 0.3) is 0 Å². The monoisotopic (exact) mass is 406 g/mol. The molecular formula is C15H26N4O5S2. The van der Waals surface area contributed by atoms with Crippen LogP contribution in [0.4, 0.5) is 5.69 Å². The summed E-state index contributed by atoms with van der Waals surface area (Å²) in [6.07, 6.45) is 1.01. The van der Waals surface area contributed by atoms with E-state index in [4.69, 9.17) is 0 Å². The molecule has 1 rings (SSSR count). The summed E-state index contributed by atoms with van der Waals surface area (Å²) < 4.78 is 52.1. The second kappa shape index (κ2) is 8.33. The molecule has 0 radical (unpaired) electrons. The van der Waals surface area contributed by atoms with Crippen molar-refractivity contribution in [1.82, 2.24) is 15.2 Å². The van der Waals surface area contributed by atoms with E-state index in [-0.39, 0.29) is 29.5 Å². The molecule has 0 bridgehead atoms. The number of sulfonamides is 2. The van der Waals surface area contributed by atoms with Crippen molar-refractivity contribution in [2.24, 2.45) is 0 Å². The van der Waals surface area contributed by atoms with Crippen molar-refractivity contribution in [2.45, 2.75) is 25.2 Å². The quantitative estimate of drug-likeness (QED) is 0.585. The molecule has 0 spiro atoms. The van der Waals surface area contributed by atoms with Gasteiger partial charge in [0.25, 0.3) is 0 Å². The SMILES string of the molecule is Cc1cc(C)c(S(=O)(=O)NCCC(=O)NN(C)C)cc1N(C)S(C)(=O)=O. The van der Waals surface area contributed by atoms with Crippen LogP contribution in [0.3, 0.4) is 0 Å². The molecule has 0 heterocycles. The van der Waals surface area contributed by atoms with Gasteiger partial charge in [-0.05, 0) is 31.0 Å². The van der Waals surface area contributed by atoms with Gasteiger partial charge in [0, 0.05) is 34.1 Å². The minimum Gasteiger partial charge on any atom is -0.289 e. The molecule has 9 nitrogen and oxygen atoms in total. The Morgan fingerprint density at radius 3 is 2.12 bits per heavy atom. The van der Waals surface area contributed by atoms with Crippen LogP contribution in [0.15, 0.2) is 17.0 Å². The van der Waals surface area contributed by atoms with Crippen molar-refractivity contribution in [2.75, 3.05) is 38.2 Å². The topological polar surface area (TPSA) is 116 Å². The zero-order valence-corrected chi connectivity index (χ0v) is 17.5. The summed E-state index contributed by atoms with van der Waals surface area (Å²) in [6, 6.07) is 2.94. The molecule has 1 aromatic carbocycles. The molecule has 0 fully saturated rings. The van der Waals surface area contributed by atoms with Gasteiger partial charge in [0.1, 0.15) is 0 Å². The highest BCUT2D eigenvalue weighted by atomic mass is 32.2. The molecule has 2 N–H and O–H groups in total. The summed E-state index contributed by atoms with van der Waals surface area (Å²) in [4.78, 5) is 11.6. The van der Waals surface area contributed by atoms with E-state index in [0.29, 0.717) is 11.1 Å². The first-order chi connectivity index (χ1) is 11.8. The predicted octanol–water partition coefficient (Wildman–Crippen LogP) is -0.0396. The molecule has 11 heteroatoms. The van der Waals surface area contributed by atoms with E-state index in [9.17, 15) is 21.6 Å². The maximum absolute atomic E-state index is 12.6. The van der Waals surface area contributed by atoms with Crippen molar-refractivity contribution in [3.05, 3.63) is 23.3 Å². The highest BCUT2D eigenvalue weighted by molar-refractivity contribution is 7.92. The molecule has 148 valence electrons. The van der Waals surface area contributed by atoms with Gasteiger partial charge in [-0.15, -0.1) is 0 Å². The number of carbonyl (C=O) groups is 1. The lowest BCUT2D eigenvalue weighted by Gasteiger charge is -2.21. The van der Waals surface area contributed by atoms with Crippen molar-refractivity contribution in [3.8, 4) is 0 Å². The smallest absolute Gasteiger partial charge is 0.240 e. The van der Waals surface area contributed by atoms with Gasteiger partial charge in [-0.2, -0.15) is 0 Å². The van der Waals surface area contributed by atoms with Crippen LogP contribution in [0.5, 0.6) is 0 Å². The Bertz CT molecular complexity index is 880. The van der Waals surface area contributed by atoms with Gasteiger partial charge >= 0.3 is 0 Å². The average Bonchev–Trinajstić information content (AvgIpc) is 2.44. The zero-order valence-electron chi connectivity index (χ0n) is 15.8. The lowest BCUT2D eigenvalue weighted by molar-refractivity contribution is -0.124. The molecule has 0 saturated heterocycles. The minimum atomic E-state index is -3.90. The number of carbonyl (C=O) groups excluding carboxylic acids is 1. The van der Waals surface area contributed by atoms with E-state index in [0.717, 1.165) is 10.6 Å². The Labute approximate surface area is 155 Å². The van der Waals surface area contributed by atoms with E-state index in [1.807, 2.05) is 0 Å². The van der Waals surface area contributed by atoms with Crippen LogP contribution < -0.4 is 14.5 Å². The van der Waals surface area contributed by atoms with Gasteiger partial charge in [0.05, 0.1) is 16.8 Å². The van der Waals surface area contributed by atoms with Gasteiger partial charge in [0.15, 0.2) is 0 Å². The number of nitrogens with one attached hydrogen (secondary N) is 2. The van der Waals surface area contributed by atoms with Crippen molar-refractivity contribution >= 4 is 31.6 Å². The molecule has 0 aliphatic heterocycles. The molecule has 26 heavy (non-hydrogen) atoms. The zero-order chi connectivity index (χ0) is 20.3. The molecule has 0 unspecified atom stereocenters. The molecule has 0 aliphatic carbocycles. The van der Waals surface area contributed by atoms with Crippen molar-refractivity contribution in [3.63, 3.8) is 0 Å². The third kappa shape index (κ3) is 5.94. The van der Waals surface area contributed by atoms with Gasteiger partial charge < -0.3 is 0 Å². The normalized spacial score (nSPS) is 12.3. The second-order valence-corrected chi connectivity index (χ2v) is 9.96. The fraction of sp³-hybridized carbons (Fsp3) is 0.533. The first-order valence-corrected chi connectivity index (χ1v) is 11.1. The maximum Gasteiger partial charge on any atom is 0.240 e. The molecule has 0 atom stereocenters. The Hall–Kier alpha value is -1.69. The fourth-order valence-electron chi connectivity index (χ4n) is 2.31. The van der Waals surface area contributed by atoms with E-state index >= 15 is 0 Å². The van der Waals surface area contributed by atoms with Gasteiger partial charge in [-0.3, -0.25) is 14.5 Å². The van der Waals surface area contributed by atoms with Crippen LogP contribution in [-0.2, 0) is 24.8 Å². The molecule has 0 saturated carbocycles. The Morgan fingerprint density at radius 2 is 1.62 bits per heavy atom. The number of rotatable bonds is 8. The summed E-state index contributed by atoms with van der Waals surface area (Å²) in [7, 11) is -2.77. The number of hydrogen-bond acceptors (Lipinski definition) is 6. The largest absolute Gasteiger partial charge is 0.289 e. The second-order valence-electron chi connectivity index (χ2n) is 6.21. The van der Waals surface area contributed by atoms with E-state index in [1.165, 1.54) is 18.1 Å². The molecule has 1 amide bonds. The van der Waals surface area contributed by atoms with E-state index < -0.39 is 20.0 Å². The summed E-state index contributed by atoms with van der Waals surface area (Å²) in [6.45, 7) is 3.26. The lowest BCUT2D eigenvalue weighted by Crippen LogP contribution is -2.38. The molecule has 0 aliphatic rings. The third-order valence-corrected chi connectivity index (χ3v) is 6.41. The average molecular weight is 407 g/mol. The number of hydrazine groups is 1. The standard InChI is InChI=1S/C15H26N4O5S2/c1-11-9-12(2)14(10-13(11)19(5)25(6,21)22)26(23,24)16-8-7-15(20)17-18(3)4/h9-10,16H,7-8H2,1-6H3,(H,17,20). The first-order valence-electron chi connectivity index (χ1n) is 7.77. The summed E-state index contributed by atoms with van der Waals surface area (Å²) in [5.74, 6) is -0.323. The highest BCUT2D eigenvalue weighted by Gasteiger charge is 2.22. The van der Waals surface area contributed by atoms with E-state index in [1.54, 1.807) is 34.0 Å². The Balaban J connectivity index is 3.08. The number of benzene rings is 1. The van der Waals surface area contributed by atoms with Crippen LogP contribution >= 0.6 is 0 Å². The van der Waals surface area contributed by atoms with Gasteiger partial charge in [-0.25, -0.2) is 26.6 Å². The summed E-state index contributed by atoms with van der Waals surface area (Å²) in [5.41, 5.74) is 3.92. The first kappa shape index (κ1) is 22.4. The fourth-order valence-corrected chi connectivity index (χ4v) is 4.14. The highest BCUT2D eigenvalue weighted by Crippen LogP contribution is 2.27. The summed E-state index contributed by atoms with van der Waals surface area (Å²) >= 11 is 0. The molecular weight excluding hydrogens is 380 g/mol. The number of anilines is 1. The van der Waals surface area contributed by atoms with Gasteiger partial charge in [-0.1, -0.05) is 6.07 Å². The van der Waals surface area contributed by atoms with Crippen LogP contribution in [-0.4, -0.2) is 61.7 Å². The van der Waals surface area contributed by atoms with Crippen LogP contribution in [0, 0.1) is 13.8 Å². The molecule has 0 aromatic heterocycles. The van der Waals surface area contributed by atoms with Crippen LogP contribution in [0.2, 0.25) is 0 Å². The van der Waals surface area contributed by atoms with Crippen molar-refractivity contribution in [1.29, 1.82) is 0 Å². The predicted molar refractivity (Wildman–Crippen MR) is 101 cm³/mol. The number of aryl methyl sites for hydroxylation is 2. The van der Waals surface area contributed by atoms with E-state index in [2.05, 4.69) is 10.1 Å². The third-order valence-electron chi connectivity index (χ3n) is 3.61. The lowest BCUT2D eigenvalue weighted by atomic mass is 10.1. The van der Waals surface area contributed by atoms with Crippen molar-refractivity contribution < 1.29 is 21.6 Å².